The van der Waals surface area contributed by atoms with Crippen LogP contribution in [0, 0.1) is 12.8 Å². The summed E-state index contributed by atoms with van der Waals surface area (Å²) in [5.41, 5.74) is 2.64. The standard InChI is InChI=1S/C20H31N5O/c1-14-23-17-8-3-2-7-16(17)19(24-14)25-11-5-6-15(13-25)12-22-20(26)18-9-4-10-21-18/h15,18,21H,2-13H2,1H3,(H,22,26). The summed E-state index contributed by atoms with van der Waals surface area (Å²) < 4.78 is 0. The Bertz CT molecular complexity index is 656. The second-order valence-corrected chi connectivity index (χ2v) is 8.08. The number of fused-ring (bicyclic) bond motifs is 1. The van der Waals surface area contributed by atoms with Crippen molar-refractivity contribution in [2.24, 2.45) is 5.92 Å². The Morgan fingerprint density at radius 3 is 2.92 bits per heavy atom. The number of nitrogens with one attached hydrogen (secondary N) is 2. The quantitative estimate of drug-likeness (QED) is 0.859. The number of carbonyl (C=O) groups is 1. The number of carbonyl (C=O) groups excluding carboxylic acids is 1. The highest BCUT2D eigenvalue weighted by Gasteiger charge is 2.27. The normalized spacial score (nSPS) is 25.8. The molecule has 3 heterocycles. The largest absolute Gasteiger partial charge is 0.356 e. The summed E-state index contributed by atoms with van der Waals surface area (Å²) in [6.07, 6.45) is 9.11. The average Bonchev–Trinajstić information content (AvgIpc) is 3.20. The van der Waals surface area contributed by atoms with Gasteiger partial charge in [0.15, 0.2) is 0 Å². The Hall–Kier alpha value is -1.69. The number of hydrogen-bond acceptors (Lipinski definition) is 5. The number of nitrogens with zero attached hydrogens (tertiary/aromatic N) is 3. The van der Waals surface area contributed by atoms with Crippen LogP contribution in [0.2, 0.25) is 0 Å². The van der Waals surface area contributed by atoms with Crippen molar-refractivity contribution in [3.63, 3.8) is 0 Å². The van der Waals surface area contributed by atoms with Crippen LogP contribution in [0.5, 0.6) is 0 Å². The van der Waals surface area contributed by atoms with Crippen LogP contribution >= 0.6 is 0 Å². The van der Waals surface area contributed by atoms with Gasteiger partial charge in [0, 0.05) is 30.9 Å². The number of piperidine rings is 1. The summed E-state index contributed by atoms with van der Waals surface area (Å²) in [5, 5.41) is 6.46. The zero-order valence-corrected chi connectivity index (χ0v) is 15.9. The molecular formula is C20H31N5O. The molecule has 1 aromatic rings. The molecule has 3 aliphatic rings. The molecule has 26 heavy (non-hydrogen) atoms. The summed E-state index contributed by atoms with van der Waals surface area (Å²) in [6, 6.07) is 0.0197. The zero-order valence-electron chi connectivity index (χ0n) is 15.9. The van der Waals surface area contributed by atoms with E-state index in [1.807, 2.05) is 6.92 Å². The van der Waals surface area contributed by atoms with E-state index in [2.05, 4.69) is 15.5 Å². The molecule has 2 N–H and O–H groups in total. The molecule has 0 aromatic carbocycles. The fourth-order valence-corrected chi connectivity index (χ4v) is 4.66. The van der Waals surface area contributed by atoms with Gasteiger partial charge in [0.25, 0.3) is 0 Å². The van der Waals surface area contributed by atoms with Gasteiger partial charge in [-0.25, -0.2) is 9.97 Å². The molecule has 1 aromatic heterocycles. The van der Waals surface area contributed by atoms with Crippen LogP contribution in [-0.2, 0) is 17.6 Å². The van der Waals surface area contributed by atoms with E-state index >= 15 is 0 Å². The molecule has 2 saturated heterocycles. The summed E-state index contributed by atoms with van der Waals surface area (Å²) in [4.78, 5) is 24.2. The molecular weight excluding hydrogens is 326 g/mol. The summed E-state index contributed by atoms with van der Waals surface area (Å²) in [5.74, 6) is 2.74. The van der Waals surface area contributed by atoms with Crippen molar-refractivity contribution in [1.82, 2.24) is 20.6 Å². The van der Waals surface area contributed by atoms with Gasteiger partial charge in [-0.2, -0.15) is 0 Å². The van der Waals surface area contributed by atoms with Crippen molar-refractivity contribution in [1.29, 1.82) is 0 Å². The molecule has 2 fully saturated rings. The summed E-state index contributed by atoms with van der Waals surface area (Å²) >= 11 is 0. The van der Waals surface area contributed by atoms with Crippen molar-refractivity contribution in [3.05, 3.63) is 17.1 Å². The lowest BCUT2D eigenvalue weighted by Gasteiger charge is -2.36. The van der Waals surface area contributed by atoms with Gasteiger partial charge >= 0.3 is 0 Å². The van der Waals surface area contributed by atoms with Crippen LogP contribution < -0.4 is 15.5 Å². The average molecular weight is 358 g/mol. The topological polar surface area (TPSA) is 70.2 Å². The van der Waals surface area contributed by atoms with E-state index in [1.165, 1.54) is 42.8 Å². The van der Waals surface area contributed by atoms with Gasteiger partial charge in [0.1, 0.15) is 11.6 Å². The third-order valence-electron chi connectivity index (χ3n) is 6.03. The van der Waals surface area contributed by atoms with Crippen molar-refractivity contribution in [2.75, 3.05) is 31.1 Å². The Morgan fingerprint density at radius 2 is 2.08 bits per heavy atom. The molecule has 2 atom stereocenters. The van der Waals surface area contributed by atoms with E-state index in [4.69, 9.17) is 9.97 Å². The fraction of sp³-hybridized carbons (Fsp3) is 0.750. The van der Waals surface area contributed by atoms with E-state index in [1.54, 1.807) is 0 Å². The fourth-order valence-electron chi connectivity index (χ4n) is 4.66. The lowest BCUT2D eigenvalue weighted by atomic mass is 9.93. The molecule has 6 heteroatoms. The Labute approximate surface area is 156 Å². The van der Waals surface area contributed by atoms with Crippen molar-refractivity contribution in [3.8, 4) is 0 Å². The lowest BCUT2D eigenvalue weighted by Crippen LogP contribution is -2.46. The summed E-state index contributed by atoms with van der Waals surface area (Å²) in [6.45, 7) is 5.81. The highest BCUT2D eigenvalue weighted by molar-refractivity contribution is 5.82. The number of rotatable bonds is 4. The molecule has 0 radical (unpaired) electrons. The molecule has 2 aliphatic heterocycles. The number of hydrogen-bond donors (Lipinski definition) is 2. The first-order chi connectivity index (χ1) is 12.7. The number of anilines is 1. The highest BCUT2D eigenvalue weighted by Crippen LogP contribution is 2.30. The van der Waals surface area contributed by atoms with E-state index < -0.39 is 0 Å². The first-order valence-corrected chi connectivity index (χ1v) is 10.3. The Balaban J connectivity index is 1.40. The van der Waals surface area contributed by atoms with Gasteiger partial charge in [-0.05, 0) is 70.8 Å². The minimum atomic E-state index is 0.0197. The van der Waals surface area contributed by atoms with Crippen molar-refractivity contribution < 1.29 is 4.79 Å². The third kappa shape index (κ3) is 3.85. The first-order valence-electron chi connectivity index (χ1n) is 10.3. The van der Waals surface area contributed by atoms with Gasteiger partial charge in [-0.15, -0.1) is 0 Å². The predicted molar refractivity (Wildman–Crippen MR) is 102 cm³/mol. The molecule has 142 valence electrons. The molecule has 4 rings (SSSR count). The van der Waals surface area contributed by atoms with Crippen LogP contribution in [0.1, 0.15) is 55.6 Å². The van der Waals surface area contributed by atoms with Crippen LogP contribution in [0.4, 0.5) is 5.82 Å². The SMILES string of the molecule is Cc1nc2c(c(N3CCCC(CNC(=O)C4CCCN4)C3)n1)CCCC2. The van der Waals surface area contributed by atoms with E-state index in [0.717, 1.165) is 57.7 Å². The van der Waals surface area contributed by atoms with Crippen molar-refractivity contribution in [2.45, 2.75) is 64.3 Å². The Morgan fingerprint density at radius 1 is 1.19 bits per heavy atom. The number of aromatic nitrogens is 2. The van der Waals surface area contributed by atoms with Gasteiger partial charge < -0.3 is 15.5 Å². The predicted octanol–water partition coefficient (Wildman–Crippen LogP) is 1.75. The lowest BCUT2D eigenvalue weighted by molar-refractivity contribution is -0.122. The summed E-state index contributed by atoms with van der Waals surface area (Å²) in [7, 11) is 0. The molecule has 6 nitrogen and oxygen atoms in total. The third-order valence-corrected chi connectivity index (χ3v) is 6.03. The van der Waals surface area contributed by atoms with Gasteiger partial charge in [-0.1, -0.05) is 0 Å². The maximum absolute atomic E-state index is 12.3. The molecule has 0 spiro atoms. The number of aryl methyl sites for hydroxylation is 2. The van der Waals surface area contributed by atoms with Crippen LogP contribution in [0.25, 0.3) is 0 Å². The van der Waals surface area contributed by atoms with E-state index in [-0.39, 0.29) is 11.9 Å². The maximum atomic E-state index is 12.3. The monoisotopic (exact) mass is 357 g/mol. The number of amides is 1. The van der Waals surface area contributed by atoms with Crippen LogP contribution in [0.3, 0.4) is 0 Å². The zero-order chi connectivity index (χ0) is 17.9. The second-order valence-electron chi connectivity index (χ2n) is 8.08. The van der Waals surface area contributed by atoms with Crippen LogP contribution in [0.15, 0.2) is 0 Å². The van der Waals surface area contributed by atoms with Gasteiger partial charge in [-0.3, -0.25) is 4.79 Å². The van der Waals surface area contributed by atoms with E-state index in [9.17, 15) is 4.79 Å². The van der Waals surface area contributed by atoms with Gasteiger partial charge in [0.05, 0.1) is 6.04 Å². The first kappa shape index (κ1) is 17.7. The molecule has 1 amide bonds. The maximum Gasteiger partial charge on any atom is 0.237 e. The Kier molecular flexibility index (Phi) is 5.38. The molecule has 2 unspecified atom stereocenters. The van der Waals surface area contributed by atoms with E-state index in [0.29, 0.717) is 5.92 Å². The highest BCUT2D eigenvalue weighted by atomic mass is 16.2. The molecule has 0 bridgehead atoms. The second kappa shape index (κ2) is 7.91. The van der Waals surface area contributed by atoms with Crippen molar-refractivity contribution >= 4 is 11.7 Å². The smallest absolute Gasteiger partial charge is 0.237 e. The molecule has 1 aliphatic carbocycles. The minimum absolute atomic E-state index is 0.0197. The van der Waals surface area contributed by atoms with Crippen LogP contribution in [-0.4, -0.2) is 48.1 Å². The van der Waals surface area contributed by atoms with Gasteiger partial charge in [0.2, 0.25) is 5.91 Å². The molecule has 0 saturated carbocycles. The minimum Gasteiger partial charge on any atom is -0.356 e.